The van der Waals surface area contributed by atoms with Crippen LogP contribution in [-0.4, -0.2) is 39.1 Å². The number of hydrogen-bond donors (Lipinski definition) is 1. The molecule has 3 rings (SSSR count). The maximum atomic E-state index is 12.4. The molecule has 1 N–H and O–H groups in total. The zero-order valence-electron chi connectivity index (χ0n) is 13.4. The Balaban J connectivity index is 2.01. The maximum absolute atomic E-state index is 12.4. The molecule has 2 aromatic rings. The number of rotatable bonds is 4. The Morgan fingerprint density at radius 3 is 2.75 bits per heavy atom. The second-order valence-electron chi connectivity index (χ2n) is 6.03. The molecule has 1 aliphatic heterocycles. The molecule has 7 nitrogen and oxygen atoms in total. The van der Waals surface area contributed by atoms with Crippen LogP contribution in [0, 0.1) is 12.8 Å². The molecule has 3 heterocycles. The molecular weight excluding hydrogens is 310 g/mol. The minimum atomic E-state index is -1.25. The number of pyridine rings is 1. The number of hydrogen-bond acceptors (Lipinski definition) is 5. The fourth-order valence-corrected chi connectivity index (χ4v) is 2.78. The Morgan fingerprint density at radius 2 is 2.12 bits per heavy atom. The van der Waals surface area contributed by atoms with Crippen LogP contribution >= 0.6 is 0 Å². The number of nitrogens with zero attached hydrogens (tertiary/aromatic N) is 3. The number of carboxylic acid groups (broad SMARTS) is 1. The summed E-state index contributed by atoms with van der Waals surface area (Å²) in [7, 11) is 0. The molecule has 0 unspecified atom stereocenters. The van der Waals surface area contributed by atoms with Gasteiger partial charge >= 0.3 is 5.97 Å². The summed E-state index contributed by atoms with van der Waals surface area (Å²) >= 11 is 0. The molecule has 7 heteroatoms. The Hall–Kier alpha value is -2.54. The second kappa shape index (κ2) is 6.92. The molecule has 2 aromatic heterocycles. The first kappa shape index (κ1) is 16.3. The van der Waals surface area contributed by atoms with E-state index in [0.717, 1.165) is 23.1 Å². The lowest BCUT2D eigenvalue weighted by Gasteiger charge is -2.21. The van der Waals surface area contributed by atoms with Crippen LogP contribution in [0.1, 0.15) is 34.5 Å². The van der Waals surface area contributed by atoms with Gasteiger partial charge in [0.05, 0.1) is 5.69 Å². The van der Waals surface area contributed by atoms with E-state index in [9.17, 15) is 14.7 Å². The fraction of sp³-hybridized carbons (Fsp3) is 0.412. The van der Waals surface area contributed by atoms with Crippen molar-refractivity contribution in [2.45, 2.75) is 26.2 Å². The summed E-state index contributed by atoms with van der Waals surface area (Å²) in [6, 6.07) is 4.85. The van der Waals surface area contributed by atoms with Gasteiger partial charge in [-0.25, -0.2) is 9.78 Å². The third kappa shape index (κ3) is 3.51. The highest BCUT2D eigenvalue weighted by atomic mass is 16.5. The summed E-state index contributed by atoms with van der Waals surface area (Å²) in [5, 5.41) is 13.7. The van der Waals surface area contributed by atoms with Crippen LogP contribution in [0.3, 0.4) is 0 Å². The molecule has 0 radical (unpaired) electrons. The number of aryl methyl sites for hydroxylation is 1. The topological polar surface area (TPSA) is 94.3 Å². The van der Waals surface area contributed by atoms with Crippen molar-refractivity contribution in [1.82, 2.24) is 14.8 Å². The molecule has 1 saturated heterocycles. The van der Waals surface area contributed by atoms with E-state index in [-0.39, 0.29) is 5.56 Å². The summed E-state index contributed by atoms with van der Waals surface area (Å²) in [6.07, 6.45) is 4.06. The average molecular weight is 329 g/mol. The summed E-state index contributed by atoms with van der Waals surface area (Å²) in [4.78, 5) is 28.0. The third-order valence-electron chi connectivity index (χ3n) is 4.14. The SMILES string of the molecule is Cc1ccc(-n2nc(CC3CCOCC3)cc(C(=O)O)c2=O)nc1. The van der Waals surface area contributed by atoms with Crippen LogP contribution in [0.25, 0.3) is 5.82 Å². The molecule has 24 heavy (non-hydrogen) atoms. The molecule has 1 fully saturated rings. The van der Waals surface area contributed by atoms with Crippen molar-refractivity contribution in [3.8, 4) is 5.82 Å². The lowest BCUT2D eigenvalue weighted by molar-refractivity contribution is 0.0658. The van der Waals surface area contributed by atoms with E-state index < -0.39 is 11.5 Å². The summed E-state index contributed by atoms with van der Waals surface area (Å²) in [5.41, 5.74) is 0.578. The maximum Gasteiger partial charge on any atom is 0.341 e. The van der Waals surface area contributed by atoms with Crippen molar-refractivity contribution >= 4 is 5.97 Å². The van der Waals surface area contributed by atoms with Gasteiger partial charge in [0, 0.05) is 19.4 Å². The molecule has 0 amide bonds. The largest absolute Gasteiger partial charge is 0.477 e. The molecule has 0 aliphatic carbocycles. The molecule has 0 aromatic carbocycles. The highest BCUT2D eigenvalue weighted by Crippen LogP contribution is 2.19. The van der Waals surface area contributed by atoms with Crippen LogP contribution < -0.4 is 5.56 Å². The van der Waals surface area contributed by atoms with E-state index in [0.29, 0.717) is 37.1 Å². The van der Waals surface area contributed by atoms with Gasteiger partial charge in [0.15, 0.2) is 5.82 Å². The van der Waals surface area contributed by atoms with Gasteiger partial charge in [0.1, 0.15) is 5.56 Å². The minimum Gasteiger partial charge on any atom is -0.477 e. The van der Waals surface area contributed by atoms with E-state index in [1.165, 1.54) is 6.07 Å². The predicted molar refractivity (Wildman–Crippen MR) is 86.6 cm³/mol. The molecule has 0 spiro atoms. The Labute approximate surface area is 138 Å². The van der Waals surface area contributed by atoms with Crippen LogP contribution in [0.15, 0.2) is 29.2 Å². The Morgan fingerprint density at radius 1 is 1.38 bits per heavy atom. The molecular formula is C17H19N3O4. The van der Waals surface area contributed by atoms with Gasteiger partial charge in [-0.05, 0) is 49.8 Å². The first-order chi connectivity index (χ1) is 11.5. The van der Waals surface area contributed by atoms with Gasteiger partial charge in [0.2, 0.25) is 0 Å². The third-order valence-corrected chi connectivity index (χ3v) is 4.14. The number of aromatic nitrogens is 3. The smallest absolute Gasteiger partial charge is 0.341 e. The summed E-state index contributed by atoms with van der Waals surface area (Å²) in [6.45, 7) is 3.29. The van der Waals surface area contributed by atoms with Gasteiger partial charge in [0.25, 0.3) is 5.56 Å². The van der Waals surface area contributed by atoms with Crippen LogP contribution in [0.5, 0.6) is 0 Å². The fourth-order valence-electron chi connectivity index (χ4n) is 2.78. The predicted octanol–water partition coefficient (Wildman–Crippen LogP) is 1.60. The first-order valence-corrected chi connectivity index (χ1v) is 7.92. The van der Waals surface area contributed by atoms with Crippen molar-refractivity contribution in [2.24, 2.45) is 5.92 Å². The number of ether oxygens (including phenoxy) is 1. The molecule has 126 valence electrons. The number of aromatic carboxylic acids is 1. The monoisotopic (exact) mass is 329 g/mol. The van der Waals surface area contributed by atoms with Crippen LogP contribution in [-0.2, 0) is 11.2 Å². The van der Waals surface area contributed by atoms with Gasteiger partial charge in [-0.2, -0.15) is 9.78 Å². The normalized spacial score (nSPS) is 15.4. The van der Waals surface area contributed by atoms with Crippen LogP contribution in [0.2, 0.25) is 0 Å². The quantitative estimate of drug-likeness (QED) is 0.915. The van der Waals surface area contributed by atoms with E-state index in [1.54, 1.807) is 12.3 Å². The van der Waals surface area contributed by atoms with Crippen molar-refractivity contribution in [2.75, 3.05) is 13.2 Å². The lowest BCUT2D eigenvalue weighted by Crippen LogP contribution is -2.30. The van der Waals surface area contributed by atoms with E-state index in [1.807, 2.05) is 13.0 Å². The second-order valence-corrected chi connectivity index (χ2v) is 6.03. The number of carbonyl (C=O) groups is 1. The number of carboxylic acids is 1. The molecule has 0 bridgehead atoms. The molecule has 0 saturated carbocycles. The average Bonchev–Trinajstić information content (AvgIpc) is 2.58. The molecule has 1 aliphatic rings. The Bertz CT molecular complexity index is 792. The highest BCUT2D eigenvalue weighted by Gasteiger charge is 2.20. The van der Waals surface area contributed by atoms with Gasteiger partial charge < -0.3 is 9.84 Å². The van der Waals surface area contributed by atoms with Gasteiger partial charge in [-0.1, -0.05) is 6.07 Å². The first-order valence-electron chi connectivity index (χ1n) is 7.92. The van der Waals surface area contributed by atoms with E-state index in [2.05, 4.69) is 10.1 Å². The molecule has 0 atom stereocenters. The van der Waals surface area contributed by atoms with Crippen molar-refractivity contribution in [3.63, 3.8) is 0 Å². The van der Waals surface area contributed by atoms with Gasteiger partial charge in [-0.15, -0.1) is 0 Å². The van der Waals surface area contributed by atoms with Crippen molar-refractivity contribution in [3.05, 3.63) is 51.6 Å². The lowest BCUT2D eigenvalue weighted by atomic mass is 9.94. The van der Waals surface area contributed by atoms with Crippen molar-refractivity contribution < 1.29 is 14.6 Å². The zero-order chi connectivity index (χ0) is 17.1. The highest BCUT2D eigenvalue weighted by molar-refractivity contribution is 5.87. The summed E-state index contributed by atoms with van der Waals surface area (Å²) < 4.78 is 6.42. The standard InChI is InChI=1S/C17H19N3O4/c1-11-2-3-15(18-10-11)20-16(21)14(17(22)23)9-13(19-20)8-12-4-6-24-7-5-12/h2-3,9-10,12H,4-8H2,1H3,(H,22,23). The van der Waals surface area contributed by atoms with Crippen LogP contribution in [0.4, 0.5) is 0 Å². The Kier molecular flexibility index (Phi) is 4.71. The van der Waals surface area contributed by atoms with Crippen molar-refractivity contribution in [1.29, 1.82) is 0 Å². The van der Waals surface area contributed by atoms with Gasteiger partial charge in [-0.3, -0.25) is 4.79 Å². The minimum absolute atomic E-state index is 0.283. The van der Waals surface area contributed by atoms with E-state index in [4.69, 9.17) is 4.74 Å². The zero-order valence-corrected chi connectivity index (χ0v) is 13.4. The summed E-state index contributed by atoms with van der Waals surface area (Å²) in [5.74, 6) is -0.553. The van der Waals surface area contributed by atoms with E-state index >= 15 is 0 Å².